The molecule has 1 N–H and O–H groups in total. The van der Waals surface area contributed by atoms with E-state index in [-0.39, 0.29) is 5.78 Å². The Bertz CT molecular complexity index is 920. The van der Waals surface area contributed by atoms with Gasteiger partial charge in [0, 0.05) is 29.2 Å². The van der Waals surface area contributed by atoms with Crippen molar-refractivity contribution in [2.24, 2.45) is 0 Å². The highest BCUT2D eigenvalue weighted by Crippen LogP contribution is 2.21. The van der Waals surface area contributed by atoms with Crippen LogP contribution in [0.25, 0.3) is 5.69 Å². The summed E-state index contributed by atoms with van der Waals surface area (Å²) in [5.74, 6) is 0.130. The van der Waals surface area contributed by atoms with Crippen molar-refractivity contribution in [2.45, 2.75) is 34.2 Å². The minimum Gasteiger partial charge on any atom is -0.318 e. The molecule has 3 nitrogen and oxygen atoms in total. The van der Waals surface area contributed by atoms with Crippen molar-refractivity contribution in [3.05, 3.63) is 88.2 Å². The molecule has 0 atom stereocenters. The number of aryl methyl sites for hydroxylation is 3. The SMILES string of the molecule is Cc1ccc(-n2c(C)cc(C(=O)CNCc3ccccc3C)c2C)cc1. The van der Waals surface area contributed by atoms with Gasteiger partial charge in [0.1, 0.15) is 0 Å². The maximum atomic E-state index is 12.7. The molecule has 0 unspecified atom stereocenters. The van der Waals surface area contributed by atoms with E-state index < -0.39 is 0 Å². The van der Waals surface area contributed by atoms with Gasteiger partial charge >= 0.3 is 0 Å². The number of nitrogens with zero attached hydrogens (tertiary/aromatic N) is 1. The lowest BCUT2D eigenvalue weighted by Crippen LogP contribution is -2.23. The molecule has 0 amide bonds. The van der Waals surface area contributed by atoms with Crippen LogP contribution in [0.1, 0.15) is 38.4 Å². The Morgan fingerprint density at radius 1 is 0.962 bits per heavy atom. The number of hydrogen-bond donors (Lipinski definition) is 1. The fraction of sp³-hybridized carbons (Fsp3) is 0.261. The first-order valence-electron chi connectivity index (χ1n) is 9.02. The third kappa shape index (κ3) is 3.78. The molecule has 3 heteroatoms. The largest absolute Gasteiger partial charge is 0.318 e. The number of carbonyl (C=O) groups excluding carboxylic acids is 1. The van der Waals surface area contributed by atoms with Gasteiger partial charge in [-0.2, -0.15) is 0 Å². The van der Waals surface area contributed by atoms with Crippen LogP contribution in [0.15, 0.2) is 54.6 Å². The molecule has 0 aliphatic carbocycles. The van der Waals surface area contributed by atoms with Crippen LogP contribution in [0.4, 0.5) is 0 Å². The third-order valence-corrected chi connectivity index (χ3v) is 4.89. The van der Waals surface area contributed by atoms with E-state index >= 15 is 0 Å². The van der Waals surface area contributed by atoms with Gasteiger partial charge in [0.05, 0.1) is 6.54 Å². The van der Waals surface area contributed by atoms with E-state index in [0.29, 0.717) is 13.1 Å². The number of ketones is 1. The maximum Gasteiger partial charge on any atom is 0.178 e. The van der Waals surface area contributed by atoms with Crippen molar-refractivity contribution in [1.82, 2.24) is 9.88 Å². The van der Waals surface area contributed by atoms with Crippen LogP contribution in [0.3, 0.4) is 0 Å². The van der Waals surface area contributed by atoms with E-state index in [1.807, 2.05) is 32.0 Å². The molecule has 0 fully saturated rings. The smallest absolute Gasteiger partial charge is 0.178 e. The first-order chi connectivity index (χ1) is 12.5. The van der Waals surface area contributed by atoms with Gasteiger partial charge < -0.3 is 9.88 Å². The monoisotopic (exact) mass is 346 g/mol. The van der Waals surface area contributed by atoms with Crippen LogP contribution >= 0.6 is 0 Å². The molecular weight excluding hydrogens is 320 g/mol. The normalized spacial score (nSPS) is 10.9. The van der Waals surface area contributed by atoms with Gasteiger partial charge in [-0.25, -0.2) is 0 Å². The molecule has 0 saturated carbocycles. The molecule has 0 aliphatic heterocycles. The Morgan fingerprint density at radius 2 is 1.65 bits per heavy atom. The van der Waals surface area contributed by atoms with E-state index in [1.54, 1.807) is 0 Å². The lowest BCUT2D eigenvalue weighted by molar-refractivity contribution is 0.0990. The van der Waals surface area contributed by atoms with Crippen molar-refractivity contribution >= 4 is 5.78 Å². The second-order valence-electron chi connectivity index (χ2n) is 6.91. The lowest BCUT2D eigenvalue weighted by Gasteiger charge is -2.10. The summed E-state index contributed by atoms with van der Waals surface area (Å²) in [6, 6.07) is 18.6. The summed E-state index contributed by atoms with van der Waals surface area (Å²) in [6.07, 6.45) is 0. The van der Waals surface area contributed by atoms with E-state index in [9.17, 15) is 4.79 Å². The first-order valence-corrected chi connectivity index (χ1v) is 9.02. The summed E-state index contributed by atoms with van der Waals surface area (Å²) in [5, 5.41) is 3.29. The first kappa shape index (κ1) is 18.2. The van der Waals surface area contributed by atoms with Gasteiger partial charge in [0.15, 0.2) is 5.78 Å². The molecule has 2 aromatic carbocycles. The zero-order valence-corrected chi connectivity index (χ0v) is 16.0. The summed E-state index contributed by atoms with van der Waals surface area (Å²) in [6.45, 7) is 9.27. The Balaban J connectivity index is 1.73. The fourth-order valence-electron chi connectivity index (χ4n) is 3.35. The summed E-state index contributed by atoms with van der Waals surface area (Å²) in [5.41, 5.74) is 7.66. The van der Waals surface area contributed by atoms with Crippen LogP contribution in [-0.2, 0) is 6.54 Å². The molecule has 26 heavy (non-hydrogen) atoms. The molecule has 0 bridgehead atoms. The zero-order valence-electron chi connectivity index (χ0n) is 16.0. The summed E-state index contributed by atoms with van der Waals surface area (Å²) < 4.78 is 2.15. The number of Topliss-reactive ketones (excluding diaryl/α,β-unsaturated/α-hetero) is 1. The predicted octanol–water partition coefficient (Wildman–Crippen LogP) is 4.68. The van der Waals surface area contributed by atoms with Crippen molar-refractivity contribution < 1.29 is 4.79 Å². The zero-order chi connectivity index (χ0) is 18.7. The second-order valence-corrected chi connectivity index (χ2v) is 6.91. The maximum absolute atomic E-state index is 12.7. The number of rotatable bonds is 6. The topological polar surface area (TPSA) is 34.0 Å². The number of carbonyl (C=O) groups is 1. The molecule has 0 aliphatic rings. The van der Waals surface area contributed by atoms with Gasteiger partial charge in [-0.15, -0.1) is 0 Å². The van der Waals surface area contributed by atoms with Crippen LogP contribution in [0.2, 0.25) is 0 Å². The van der Waals surface area contributed by atoms with E-state index in [2.05, 4.69) is 60.1 Å². The molecular formula is C23H26N2O. The number of nitrogens with one attached hydrogen (secondary N) is 1. The highest BCUT2D eigenvalue weighted by atomic mass is 16.1. The molecule has 0 radical (unpaired) electrons. The van der Waals surface area contributed by atoms with Crippen LogP contribution in [0.5, 0.6) is 0 Å². The molecule has 3 rings (SSSR count). The third-order valence-electron chi connectivity index (χ3n) is 4.89. The summed E-state index contributed by atoms with van der Waals surface area (Å²) >= 11 is 0. The summed E-state index contributed by atoms with van der Waals surface area (Å²) in [4.78, 5) is 12.7. The molecule has 1 aromatic heterocycles. The van der Waals surface area contributed by atoms with Crippen molar-refractivity contribution in [2.75, 3.05) is 6.54 Å². The van der Waals surface area contributed by atoms with Gasteiger partial charge in [0.2, 0.25) is 0 Å². The quantitative estimate of drug-likeness (QED) is 0.657. The van der Waals surface area contributed by atoms with Crippen molar-refractivity contribution in [3.63, 3.8) is 0 Å². The average Bonchev–Trinajstić information content (AvgIpc) is 2.92. The van der Waals surface area contributed by atoms with E-state index in [0.717, 1.165) is 22.6 Å². The molecule has 0 saturated heterocycles. The van der Waals surface area contributed by atoms with Crippen LogP contribution in [-0.4, -0.2) is 16.9 Å². The highest BCUT2D eigenvalue weighted by molar-refractivity contribution is 5.99. The Hall–Kier alpha value is -2.65. The Kier molecular flexibility index (Phi) is 5.38. The van der Waals surface area contributed by atoms with Crippen molar-refractivity contribution in [1.29, 1.82) is 0 Å². The van der Waals surface area contributed by atoms with Gasteiger partial charge in [0.25, 0.3) is 0 Å². The average molecular weight is 346 g/mol. The molecule has 3 aromatic rings. The molecule has 0 spiro atoms. The fourth-order valence-corrected chi connectivity index (χ4v) is 3.35. The molecule has 1 heterocycles. The number of benzene rings is 2. The highest BCUT2D eigenvalue weighted by Gasteiger charge is 2.16. The standard InChI is InChI=1S/C23H26N2O/c1-16-9-11-21(12-10-16)25-18(3)13-22(19(25)4)23(26)15-24-14-20-8-6-5-7-17(20)2/h5-13,24H,14-15H2,1-4H3. The van der Waals surface area contributed by atoms with Crippen LogP contribution < -0.4 is 5.32 Å². The van der Waals surface area contributed by atoms with E-state index in [1.165, 1.54) is 16.7 Å². The number of aromatic nitrogens is 1. The minimum atomic E-state index is 0.130. The number of hydrogen-bond acceptors (Lipinski definition) is 2. The Morgan fingerprint density at radius 3 is 2.35 bits per heavy atom. The second kappa shape index (κ2) is 7.71. The van der Waals surface area contributed by atoms with Crippen LogP contribution in [0, 0.1) is 27.7 Å². The lowest BCUT2D eigenvalue weighted by atomic mass is 10.1. The van der Waals surface area contributed by atoms with Gasteiger partial charge in [-0.1, -0.05) is 42.0 Å². The Labute approximate surface area is 155 Å². The van der Waals surface area contributed by atoms with Crippen molar-refractivity contribution in [3.8, 4) is 5.69 Å². The molecule has 134 valence electrons. The predicted molar refractivity (Wildman–Crippen MR) is 107 cm³/mol. The summed E-state index contributed by atoms with van der Waals surface area (Å²) in [7, 11) is 0. The minimum absolute atomic E-state index is 0.130. The van der Waals surface area contributed by atoms with Gasteiger partial charge in [-0.3, -0.25) is 4.79 Å². The van der Waals surface area contributed by atoms with E-state index in [4.69, 9.17) is 0 Å². The van der Waals surface area contributed by atoms with Gasteiger partial charge in [-0.05, 0) is 57.0 Å².